The van der Waals surface area contributed by atoms with Gasteiger partial charge in [-0.2, -0.15) is 0 Å². The SMILES string of the molecule is CC1(C)C(=O)Nc2nc(S(C)(=O)=O)nc(N)c21. The molecule has 0 saturated carbocycles. The molecule has 2 heterocycles. The molecule has 2 rings (SSSR count). The summed E-state index contributed by atoms with van der Waals surface area (Å²) in [6.45, 7) is 3.35. The van der Waals surface area contributed by atoms with E-state index in [1.54, 1.807) is 13.8 Å². The molecule has 0 aromatic carbocycles. The van der Waals surface area contributed by atoms with Crippen molar-refractivity contribution in [3.63, 3.8) is 0 Å². The van der Waals surface area contributed by atoms with E-state index >= 15 is 0 Å². The van der Waals surface area contributed by atoms with Crippen LogP contribution in [0, 0.1) is 0 Å². The molecule has 1 aromatic rings. The predicted octanol–water partition coefficient (Wildman–Crippen LogP) is -0.308. The largest absolute Gasteiger partial charge is 0.383 e. The molecule has 0 aliphatic carbocycles. The Hall–Kier alpha value is -1.70. The summed E-state index contributed by atoms with van der Waals surface area (Å²) in [7, 11) is -3.56. The molecular formula is C9H12N4O3S. The predicted molar refractivity (Wildman–Crippen MR) is 61.2 cm³/mol. The van der Waals surface area contributed by atoms with Crippen molar-refractivity contribution in [2.45, 2.75) is 24.4 Å². The molecule has 7 nitrogen and oxygen atoms in total. The van der Waals surface area contributed by atoms with Crippen molar-refractivity contribution >= 4 is 27.4 Å². The third kappa shape index (κ3) is 1.64. The summed E-state index contributed by atoms with van der Waals surface area (Å²) in [5.74, 6) is -0.0918. The lowest BCUT2D eigenvalue weighted by molar-refractivity contribution is -0.119. The number of hydrogen-bond acceptors (Lipinski definition) is 6. The quantitative estimate of drug-likeness (QED) is 0.666. The minimum atomic E-state index is -3.56. The summed E-state index contributed by atoms with van der Waals surface area (Å²) in [5.41, 5.74) is 5.29. The van der Waals surface area contributed by atoms with Crippen LogP contribution in [0.15, 0.2) is 5.16 Å². The highest BCUT2D eigenvalue weighted by Gasteiger charge is 2.42. The van der Waals surface area contributed by atoms with Crippen molar-refractivity contribution < 1.29 is 13.2 Å². The Kier molecular flexibility index (Phi) is 2.19. The molecule has 0 unspecified atom stereocenters. The van der Waals surface area contributed by atoms with Gasteiger partial charge in [-0.25, -0.2) is 18.4 Å². The molecule has 1 aliphatic heterocycles. The fourth-order valence-electron chi connectivity index (χ4n) is 1.71. The number of carbonyl (C=O) groups is 1. The van der Waals surface area contributed by atoms with Crippen LogP contribution in [-0.4, -0.2) is 30.5 Å². The van der Waals surface area contributed by atoms with Gasteiger partial charge in [-0.05, 0) is 13.8 Å². The standard InChI is InChI=1S/C9H12N4O3S/c1-9(2)4-5(10)11-8(17(3,15)16)13-6(4)12-7(9)14/h1-3H3,(H3,10,11,12,13,14). The zero-order valence-corrected chi connectivity index (χ0v) is 10.4. The highest BCUT2D eigenvalue weighted by Crippen LogP contribution is 2.39. The zero-order chi connectivity index (χ0) is 13.0. The van der Waals surface area contributed by atoms with E-state index in [0.717, 1.165) is 6.26 Å². The molecule has 1 aliphatic rings. The molecule has 0 radical (unpaired) electrons. The first-order valence-electron chi connectivity index (χ1n) is 4.83. The van der Waals surface area contributed by atoms with Gasteiger partial charge in [0.1, 0.15) is 11.6 Å². The smallest absolute Gasteiger partial charge is 0.250 e. The summed E-state index contributed by atoms with van der Waals surface area (Å²) in [6, 6.07) is 0. The van der Waals surface area contributed by atoms with Gasteiger partial charge >= 0.3 is 0 Å². The van der Waals surface area contributed by atoms with E-state index in [2.05, 4.69) is 15.3 Å². The van der Waals surface area contributed by atoms with E-state index in [-0.39, 0.29) is 22.7 Å². The van der Waals surface area contributed by atoms with Crippen LogP contribution in [0.3, 0.4) is 0 Å². The molecule has 1 amide bonds. The number of nitrogens with one attached hydrogen (secondary N) is 1. The number of hydrogen-bond donors (Lipinski definition) is 2. The number of nitrogens with two attached hydrogens (primary N) is 1. The van der Waals surface area contributed by atoms with Gasteiger partial charge in [0.2, 0.25) is 15.7 Å². The van der Waals surface area contributed by atoms with Gasteiger partial charge in [-0.1, -0.05) is 0 Å². The molecule has 1 aromatic heterocycles. The van der Waals surface area contributed by atoms with Crippen LogP contribution in [0.1, 0.15) is 19.4 Å². The molecule has 0 atom stereocenters. The fraction of sp³-hybridized carbons (Fsp3) is 0.444. The Labute approximate surface area is 98.4 Å². The summed E-state index contributed by atoms with van der Waals surface area (Å²) in [5, 5.41) is 2.12. The second-order valence-corrected chi connectivity index (χ2v) is 6.38. The van der Waals surface area contributed by atoms with Crippen LogP contribution in [0.2, 0.25) is 0 Å². The number of fused-ring (bicyclic) bond motifs is 1. The summed E-state index contributed by atoms with van der Waals surface area (Å²) < 4.78 is 22.7. The monoisotopic (exact) mass is 256 g/mol. The lowest BCUT2D eigenvalue weighted by Crippen LogP contribution is -2.27. The Balaban J connectivity index is 2.73. The topological polar surface area (TPSA) is 115 Å². The zero-order valence-electron chi connectivity index (χ0n) is 9.60. The van der Waals surface area contributed by atoms with Gasteiger partial charge in [0.25, 0.3) is 5.16 Å². The molecule has 8 heteroatoms. The summed E-state index contributed by atoms with van der Waals surface area (Å²) in [6.07, 6.45) is 0.982. The third-order valence-electron chi connectivity index (χ3n) is 2.67. The summed E-state index contributed by atoms with van der Waals surface area (Å²) in [4.78, 5) is 19.2. The highest BCUT2D eigenvalue weighted by atomic mass is 32.2. The maximum atomic E-state index is 11.7. The van der Waals surface area contributed by atoms with Crippen LogP contribution in [0.5, 0.6) is 0 Å². The number of amides is 1. The maximum Gasteiger partial charge on any atom is 0.250 e. The average Bonchev–Trinajstić information content (AvgIpc) is 2.36. The van der Waals surface area contributed by atoms with E-state index in [9.17, 15) is 13.2 Å². The first-order chi connectivity index (χ1) is 7.64. The van der Waals surface area contributed by atoms with Crippen molar-refractivity contribution in [1.29, 1.82) is 0 Å². The van der Waals surface area contributed by atoms with Crippen LogP contribution >= 0.6 is 0 Å². The fourth-order valence-corrected chi connectivity index (χ4v) is 2.23. The van der Waals surface area contributed by atoms with Gasteiger partial charge in [0, 0.05) is 6.26 Å². The normalized spacial score (nSPS) is 17.7. The number of nitrogen functional groups attached to an aromatic ring is 1. The van der Waals surface area contributed by atoms with E-state index in [1.807, 2.05) is 0 Å². The Morgan fingerprint density at radius 1 is 1.29 bits per heavy atom. The lowest BCUT2D eigenvalue weighted by atomic mass is 9.87. The van der Waals surface area contributed by atoms with Gasteiger partial charge in [-0.3, -0.25) is 4.79 Å². The molecule has 0 saturated heterocycles. The number of anilines is 2. The molecule has 0 bridgehead atoms. The van der Waals surface area contributed by atoms with Gasteiger partial charge in [-0.15, -0.1) is 0 Å². The molecule has 92 valence electrons. The third-order valence-corrected chi connectivity index (χ3v) is 3.52. The molecule has 0 spiro atoms. The number of rotatable bonds is 1. The average molecular weight is 256 g/mol. The van der Waals surface area contributed by atoms with Gasteiger partial charge in [0.05, 0.1) is 11.0 Å². The van der Waals surface area contributed by atoms with Crippen LogP contribution in [-0.2, 0) is 20.0 Å². The number of aromatic nitrogens is 2. The minimum absolute atomic E-state index is 0.0128. The first kappa shape index (κ1) is 11.8. The van der Waals surface area contributed by atoms with Crippen LogP contribution < -0.4 is 11.1 Å². The second kappa shape index (κ2) is 3.16. The molecule has 3 N–H and O–H groups in total. The Morgan fingerprint density at radius 3 is 2.41 bits per heavy atom. The minimum Gasteiger partial charge on any atom is -0.383 e. The van der Waals surface area contributed by atoms with Crippen molar-refractivity contribution in [2.24, 2.45) is 0 Å². The molecular weight excluding hydrogens is 244 g/mol. The van der Waals surface area contributed by atoms with Crippen molar-refractivity contribution in [2.75, 3.05) is 17.3 Å². The molecule has 0 fully saturated rings. The first-order valence-corrected chi connectivity index (χ1v) is 6.72. The van der Waals surface area contributed by atoms with E-state index < -0.39 is 15.3 Å². The lowest BCUT2D eigenvalue weighted by Gasteiger charge is -2.15. The maximum absolute atomic E-state index is 11.7. The second-order valence-electron chi connectivity index (χ2n) is 4.47. The van der Waals surface area contributed by atoms with Crippen molar-refractivity contribution in [1.82, 2.24) is 9.97 Å². The van der Waals surface area contributed by atoms with Gasteiger partial charge < -0.3 is 11.1 Å². The molecule has 17 heavy (non-hydrogen) atoms. The highest BCUT2D eigenvalue weighted by molar-refractivity contribution is 7.90. The number of nitrogens with zero attached hydrogens (tertiary/aromatic N) is 2. The van der Waals surface area contributed by atoms with E-state index in [0.29, 0.717) is 5.56 Å². The Bertz CT molecular complexity index is 621. The van der Waals surface area contributed by atoms with Crippen molar-refractivity contribution in [3.8, 4) is 0 Å². The summed E-state index contributed by atoms with van der Waals surface area (Å²) >= 11 is 0. The van der Waals surface area contributed by atoms with Crippen molar-refractivity contribution in [3.05, 3.63) is 5.56 Å². The Morgan fingerprint density at radius 2 is 1.88 bits per heavy atom. The number of carbonyl (C=O) groups excluding carboxylic acids is 1. The van der Waals surface area contributed by atoms with E-state index in [1.165, 1.54) is 0 Å². The van der Waals surface area contributed by atoms with Crippen LogP contribution in [0.4, 0.5) is 11.6 Å². The van der Waals surface area contributed by atoms with Crippen LogP contribution in [0.25, 0.3) is 0 Å². The number of sulfone groups is 1. The van der Waals surface area contributed by atoms with Gasteiger partial charge in [0.15, 0.2) is 0 Å². The van der Waals surface area contributed by atoms with E-state index in [4.69, 9.17) is 5.73 Å².